The number of carbonyl (C=O) groups excluding carboxylic acids is 1. The number of rotatable bonds is 2. The number of hydrogen-bond donors (Lipinski definition) is 1. The quantitative estimate of drug-likeness (QED) is 0.852. The smallest absolute Gasteiger partial charge is 0.306 e. The molecule has 22 heavy (non-hydrogen) atoms. The van der Waals surface area contributed by atoms with E-state index in [4.69, 9.17) is 0 Å². The molecule has 1 saturated heterocycles. The minimum Gasteiger partial charge on any atom is -0.481 e. The van der Waals surface area contributed by atoms with Gasteiger partial charge in [0.05, 0.1) is 5.92 Å². The lowest BCUT2D eigenvalue weighted by Gasteiger charge is -2.42. The number of aliphatic carboxylic acids is 1. The van der Waals surface area contributed by atoms with Crippen LogP contribution in [0.5, 0.6) is 0 Å². The summed E-state index contributed by atoms with van der Waals surface area (Å²) in [6.45, 7) is 3.22. The summed E-state index contributed by atoms with van der Waals surface area (Å²) < 4.78 is 0. The zero-order chi connectivity index (χ0) is 15.7. The molecule has 1 amide bonds. The van der Waals surface area contributed by atoms with E-state index in [0.29, 0.717) is 25.4 Å². The summed E-state index contributed by atoms with van der Waals surface area (Å²) in [5.41, 5.74) is 0. The number of carboxylic acid groups (broad SMARTS) is 1. The third-order valence-corrected chi connectivity index (χ3v) is 6.42. The van der Waals surface area contributed by atoms with Gasteiger partial charge in [0.15, 0.2) is 0 Å². The van der Waals surface area contributed by atoms with Crippen LogP contribution in [-0.2, 0) is 9.59 Å². The van der Waals surface area contributed by atoms with Crippen LogP contribution in [0.2, 0.25) is 0 Å². The van der Waals surface area contributed by atoms with Crippen LogP contribution in [0.4, 0.5) is 0 Å². The van der Waals surface area contributed by atoms with Crippen LogP contribution in [0.15, 0.2) is 0 Å². The summed E-state index contributed by atoms with van der Waals surface area (Å²) in [6.07, 6.45) is 9.36. The molecule has 4 heteroatoms. The maximum absolute atomic E-state index is 12.8. The van der Waals surface area contributed by atoms with Crippen LogP contribution < -0.4 is 0 Å². The number of nitrogens with zero attached hydrogens (tertiary/aromatic N) is 1. The normalized spacial score (nSPS) is 39.1. The van der Waals surface area contributed by atoms with E-state index in [1.807, 2.05) is 11.8 Å². The number of carboxylic acids is 1. The molecule has 2 aliphatic carbocycles. The van der Waals surface area contributed by atoms with Crippen molar-refractivity contribution in [2.45, 2.75) is 58.3 Å². The fraction of sp³-hybridized carbons (Fsp3) is 0.889. The summed E-state index contributed by atoms with van der Waals surface area (Å²) in [5, 5.41) is 9.21. The third kappa shape index (κ3) is 3.16. The highest BCUT2D eigenvalue weighted by Gasteiger charge is 2.39. The van der Waals surface area contributed by atoms with Crippen LogP contribution in [0.25, 0.3) is 0 Å². The molecule has 5 unspecified atom stereocenters. The van der Waals surface area contributed by atoms with Gasteiger partial charge in [-0.05, 0) is 43.4 Å². The molecule has 3 aliphatic rings. The monoisotopic (exact) mass is 307 g/mol. The molecule has 0 bridgehead atoms. The molecule has 1 heterocycles. The van der Waals surface area contributed by atoms with Gasteiger partial charge in [-0.3, -0.25) is 9.59 Å². The van der Waals surface area contributed by atoms with Gasteiger partial charge in [-0.25, -0.2) is 0 Å². The molecule has 4 nitrogen and oxygen atoms in total. The van der Waals surface area contributed by atoms with E-state index in [-0.39, 0.29) is 17.8 Å². The van der Waals surface area contributed by atoms with E-state index in [1.54, 1.807) is 0 Å². The topological polar surface area (TPSA) is 57.6 Å². The van der Waals surface area contributed by atoms with Crippen molar-refractivity contribution in [3.05, 3.63) is 0 Å². The predicted octanol–water partition coefficient (Wildman–Crippen LogP) is 3.16. The standard InChI is InChI=1S/C18H29NO3/c1-12-11-19(9-8-16(12)18(21)22)17(20)15-7-6-13-4-2-3-5-14(13)10-15/h12-16H,2-11H2,1H3,(H,21,22). The first kappa shape index (κ1) is 15.8. The van der Waals surface area contributed by atoms with Gasteiger partial charge in [0, 0.05) is 19.0 Å². The molecular formula is C18H29NO3. The Kier molecular flexibility index (Phi) is 4.74. The largest absolute Gasteiger partial charge is 0.481 e. The molecule has 0 radical (unpaired) electrons. The Morgan fingerprint density at radius 2 is 1.73 bits per heavy atom. The fourth-order valence-corrected chi connectivity index (χ4v) is 5.07. The van der Waals surface area contributed by atoms with Crippen molar-refractivity contribution in [2.24, 2.45) is 29.6 Å². The Morgan fingerprint density at radius 1 is 1.00 bits per heavy atom. The van der Waals surface area contributed by atoms with Gasteiger partial charge in [-0.15, -0.1) is 0 Å². The summed E-state index contributed by atoms with van der Waals surface area (Å²) >= 11 is 0. The highest BCUT2D eigenvalue weighted by Crippen LogP contribution is 2.43. The van der Waals surface area contributed by atoms with Crippen molar-refractivity contribution >= 4 is 11.9 Å². The van der Waals surface area contributed by atoms with Crippen molar-refractivity contribution in [2.75, 3.05) is 13.1 Å². The van der Waals surface area contributed by atoms with E-state index in [1.165, 1.54) is 32.1 Å². The zero-order valence-corrected chi connectivity index (χ0v) is 13.7. The Bertz CT molecular complexity index is 436. The Morgan fingerprint density at radius 3 is 2.41 bits per heavy atom. The van der Waals surface area contributed by atoms with Crippen molar-refractivity contribution in [3.8, 4) is 0 Å². The summed E-state index contributed by atoms with van der Waals surface area (Å²) in [7, 11) is 0. The van der Waals surface area contributed by atoms with Gasteiger partial charge in [-0.2, -0.15) is 0 Å². The van der Waals surface area contributed by atoms with Crippen molar-refractivity contribution in [3.63, 3.8) is 0 Å². The van der Waals surface area contributed by atoms with E-state index < -0.39 is 5.97 Å². The minimum atomic E-state index is -0.706. The lowest BCUT2D eigenvalue weighted by Crippen LogP contribution is -2.48. The van der Waals surface area contributed by atoms with E-state index in [2.05, 4.69) is 0 Å². The molecule has 0 aromatic heterocycles. The SMILES string of the molecule is CC1CN(C(=O)C2CCC3CCCCC3C2)CCC1C(=O)O. The predicted molar refractivity (Wildman–Crippen MR) is 84.3 cm³/mol. The maximum atomic E-state index is 12.8. The first-order chi connectivity index (χ1) is 10.6. The maximum Gasteiger partial charge on any atom is 0.306 e. The van der Waals surface area contributed by atoms with Gasteiger partial charge < -0.3 is 10.0 Å². The Balaban J connectivity index is 1.57. The average Bonchev–Trinajstić information content (AvgIpc) is 2.53. The van der Waals surface area contributed by atoms with Gasteiger partial charge in [0.25, 0.3) is 0 Å². The van der Waals surface area contributed by atoms with E-state index in [9.17, 15) is 14.7 Å². The number of piperidine rings is 1. The average molecular weight is 307 g/mol. The third-order valence-electron chi connectivity index (χ3n) is 6.42. The van der Waals surface area contributed by atoms with E-state index >= 15 is 0 Å². The molecule has 1 N–H and O–H groups in total. The minimum absolute atomic E-state index is 0.0706. The van der Waals surface area contributed by atoms with Crippen molar-refractivity contribution in [1.29, 1.82) is 0 Å². The van der Waals surface area contributed by atoms with Crippen LogP contribution in [0.3, 0.4) is 0 Å². The van der Waals surface area contributed by atoms with Gasteiger partial charge in [0.1, 0.15) is 0 Å². The highest BCUT2D eigenvalue weighted by atomic mass is 16.4. The Labute approximate surface area is 133 Å². The zero-order valence-electron chi connectivity index (χ0n) is 13.7. The highest BCUT2D eigenvalue weighted by molar-refractivity contribution is 5.79. The molecule has 3 rings (SSSR count). The fourth-order valence-electron chi connectivity index (χ4n) is 5.07. The number of carbonyl (C=O) groups is 2. The van der Waals surface area contributed by atoms with Gasteiger partial charge in [0.2, 0.25) is 5.91 Å². The number of likely N-dealkylation sites (tertiary alicyclic amines) is 1. The van der Waals surface area contributed by atoms with Crippen molar-refractivity contribution < 1.29 is 14.7 Å². The molecule has 3 fully saturated rings. The first-order valence-electron chi connectivity index (χ1n) is 9.08. The first-order valence-corrected chi connectivity index (χ1v) is 9.08. The molecule has 5 atom stereocenters. The second-order valence-electron chi connectivity index (χ2n) is 7.81. The second kappa shape index (κ2) is 6.59. The molecular weight excluding hydrogens is 278 g/mol. The molecule has 0 spiro atoms. The second-order valence-corrected chi connectivity index (χ2v) is 7.81. The summed E-state index contributed by atoms with van der Waals surface area (Å²) in [6, 6.07) is 0. The van der Waals surface area contributed by atoms with Crippen molar-refractivity contribution in [1.82, 2.24) is 4.90 Å². The Hall–Kier alpha value is -1.06. The van der Waals surface area contributed by atoms with Gasteiger partial charge >= 0.3 is 5.97 Å². The van der Waals surface area contributed by atoms with Crippen LogP contribution in [0.1, 0.15) is 58.3 Å². The number of hydrogen-bond acceptors (Lipinski definition) is 2. The molecule has 0 aromatic carbocycles. The molecule has 0 aromatic rings. The van der Waals surface area contributed by atoms with Crippen LogP contribution in [0, 0.1) is 29.6 Å². The lowest BCUT2D eigenvalue weighted by atomic mass is 9.67. The number of fused-ring (bicyclic) bond motifs is 1. The lowest BCUT2D eigenvalue weighted by molar-refractivity contribution is -0.150. The summed E-state index contributed by atoms with van der Waals surface area (Å²) in [4.78, 5) is 26.0. The van der Waals surface area contributed by atoms with Crippen LogP contribution >= 0.6 is 0 Å². The molecule has 124 valence electrons. The molecule has 1 aliphatic heterocycles. The number of amides is 1. The van der Waals surface area contributed by atoms with Gasteiger partial charge in [-0.1, -0.05) is 32.6 Å². The van der Waals surface area contributed by atoms with E-state index in [0.717, 1.165) is 24.7 Å². The molecule has 2 saturated carbocycles. The van der Waals surface area contributed by atoms with Crippen LogP contribution in [-0.4, -0.2) is 35.0 Å². The summed E-state index contributed by atoms with van der Waals surface area (Å²) in [5.74, 6) is 1.23.